The van der Waals surface area contributed by atoms with Gasteiger partial charge in [-0.1, -0.05) is 0 Å². The molecule has 70 valence electrons. The molecule has 0 atom stereocenters. The summed E-state index contributed by atoms with van der Waals surface area (Å²) in [5.74, 6) is 0. The number of hydrogen-bond donors (Lipinski definition) is 2. The second kappa shape index (κ2) is 3.32. The van der Waals surface area contributed by atoms with Crippen molar-refractivity contribution in [2.75, 3.05) is 13.1 Å². The Labute approximate surface area is 73.5 Å². The van der Waals surface area contributed by atoms with E-state index >= 15 is 0 Å². The fourth-order valence-corrected chi connectivity index (χ4v) is 2.25. The molecule has 1 aliphatic heterocycles. The summed E-state index contributed by atoms with van der Waals surface area (Å²) in [6.45, 7) is 1.78. The van der Waals surface area contributed by atoms with Gasteiger partial charge in [-0.15, -0.1) is 0 Å². The number of nitrogens with zero attached hydrogens (tertiary/aromatic N) is 1. The molecule has 0 aromatic heterocycles. The van der Waals surface area contributed by atoms with E-state index < -0.39 is 0 Å². The summed E-state index contributed by atoms with van der Waals surface area (Å²) in [6.07, 6.45) is 4.73. The zero-order valence-electron chi connectivity index (χ0n) is 7.45. The molecule has 1 aliphatic carbocycles. The maximum absolute atomic E-state index is 9.13. The van der Waals surface area contributed by atoms with Crippen LogP contribution in [0.2, 0.25) is 0 Å². The highest BCUT2D eigenvalue weighted by atomic mass is 16.3. The van der Waals surface area contributed by atoms with Crippen LogP contribution in [0.15, 0.2) is 0 Å². The van der Waals surface area contributed by atoms with Crippen LogP contribution in [-0.4, -0.2) is 41.3 Å². The summed E-state index contributed by atoms with van der Waals surface area (Å²) in [6, 6.07) is 1.15. The first kappa shape index (κ1) is 8.48. The second-order valence-electron chi connectivity index (χ2n) is 4.18. The average molecular weight is 170 g/mol. The lowest BCUT2D eigenvalue weighted by molar-refractivity contribution is -0.0341. The van der Waals surface area contributed by atoms with Crippen LogP contribution in [0.1, 0.15) is 25.7 Å². The van der Waals surface area contributed by atoms with Gasteiger partial charge in [0.05, 0.1) is 6.10 Å². The maximum atomic E-state index is 9.13. The zero-order valence-corrected chi connectivity index (χ0v) is 7.45. The molecule has 1 saturated carbocycles. The second-order valence-corrected chi connectivity index (χ2v) is 4.18. The molecule has 0 aromatic carbocycles. The van der Waals surface area contributed by atoms with E-state index in [-0.39, 0.29) is 6.10 Å². The van der Waals surface area contributed by atoms with Crippen LogP contribution >= 0.6 is 0 Å². The Hall–Kier alpha value is -0.120. The lowest BCUT2D eigenvalue weighted by Gasteiger charge is -2.44. The average Bonchev–Trinajstić information content (AvgIpc) is 2.01. The third kappa shape index (κ3) is 1.63. The molecule has 0 bridgehead atoms. The van der Waals surface area contributed by atoms with E-state index in [0.29, 0.717) is 12.1 Å². The van der Waals surface area contributed by atoms with Crippen molar-refractivity contribution in [2.45, 2.75) is 43.9 Å². The van der Waals surface area contributed by atoms with Crippen LogP contribution in [-0.2, 0) is 0 Å². The van der Waals surface area contributed by atoms with Crippen molar-refractivity contribution in [3.63, 3.8) is 0 Å². The summed E-state index contributed by atoms with van der Waals surface area (Å²) < 4.78 is 0. The van der Waals surface area contributed by atoms with Crippen molar-refractivity contribution in [3.8, 4) is 0 Å². The number of aliphatic hydroxyl groups excluding tert-OH is 1. The summed E-state index contributed by atoms with van der Waals surface area (Å²) in [7, 11) is 0. The lowest BCUT2D eigenvalue weighted by Crippen LogP contribution is -2.56. The van der Waals surface area contributed by atoms with E-state index in [4.69, 9.17) is 10.8 Å². The quantitative estimate of drug-likeness (QED) is 0.579. The van der Waals surface area contributed by atoms with Gasteiger partial charge in [-0.25, -0.2) is 0 Å². The number of hydrogen-bond acceptors (Lipinski definition) is 3. The molecule has 1 heterocycles. The monoisotopic (exact) mass is 170 g/mol. The molecular weight excluding hydrogens is 152 g/mol. The smallest absolute Gasteiger partial charge is 0.0794 e. The SMILES string of the molecule is NC1CCC(N2CC(O)C2)CC1. The molecule has 0 aromatic rings. The van der Waals surface area contributed by atoms with Gasteiger partial charge in [0.15, 0.2) is 0 Å². The number of nitrogens with two attached hydrogens (primary N) is 1. The highest BCUT2D eigenvalue weighted by Crippen LogP contribution is 2.25. The Balaban J connectivity index is 1.75. The van der Waals surface area contributed by atoms with Crippen molar-refractivity contribution in [2.24, 2.45) is 5.73 Å². The summed E-state index contributed by atoms with van der Waals surface area (Å²) in [5.41, 5.74) is 5.82. The van der Waals surface area contributed by atoms with Crippen molar-refractivity contribution >= 4 is 0 Å². The topological polar surface area (TPSA) is 49.5 Å². The van der Waals surface area contributed by atoms with Crippen molar-refractivity contribution < 1.29 is 5.11 Å². The molecule has 2 rings (SSSR count). The number of β-amino-alcohol motifs (C(OH)–C–C–N with tert-alkyl or cyclic N) is 1. The van der Waals surface area contributed by atoms with Gasteiger partial charge in [-0.05, 0) is 25.7 Å². The predicted molar refractivity (Wildman–Crippen MR) is 47.8 cm³/mol. The van der Waals surface area contributed by atoms with Crippen molar-refractivity contribution in [1.29, 1.82) is 0 Å². The first-order chi connectivity index (χ1) is 5.75. The van der Waals surface area contributed by atoms with Crippen LogP contribution in [0.3, 0.4) is 0 Å². The van der Waals surface area contributed by atoms with E-state index in [9.17, 15) is 0 Å². The Bertz CT molecular complexity index is 149. The Morgan fingerprint density at radius 3 is 2.17 bits per heavy atom. The van der Waals surface area contributed by atoms with Gasteiger partial charge in [0.2, 0.25) is 0 Å². The van der Waals surface area contributed by atoms with Gasteiger partial charge >= 0.3 is 0 Å². The fraction of sp³-hybridized carbons (Fsp3) is 1.00. The normalized spacial score (nSPS) is 39.5. The van der Waals surface area contributed by atoms with E-state index in [0.717, 1.165) is 25.9 Å². The Morgan fingerprint density at radius 1 is 1.08 bits per heavy atom. The molecule has 1 saturated heterocycles. The highest BCUT2D eigenvalue weighted by molar-refractivity contribution is 4.88. The molecule has 12 heavy (non-hydrogen) atoms. The van der Waals surface area contributed by atoms with Crippen LogP contribution in [0.5, 0.6) is 0 Å². The first-order valence-corrected chi connectivity index (χ1v) is 4.93. The molecule has 3 heteroatoms. The Morgan fingerprint density at radius 2 is 1.67 bits per heavy atom. The highest BCUT2D eigenvalue weighted by Gasteiger charge is 2.32. The molecular formula is C9H18N2O. The largest absolute Gasteiger partial charge is 0.390 e. The lowest BCUT2D eigenvalue weighted by atomic mass is 9.89. The predicted octanol–water partition coefficient (Wildman–Crippen LogP) is -0.0672. The molecule has 0 spiro atoms. The Kier molecular flexibility index (Phi) is 2.35. The first-order valence-electron chi connectivity index (χ1n) is 4.93. The molecule has 3 N–H and O–H groups in total. The van der Waals surface area contributed by atoms with Gasteiger partial charge in [-0.2, -0.15) is 0 Å². The van der Waals surface area contributed by atoms with Crippen LogP contribution in [0.25, 0.3) is 0 Å². The number of rotatable bonds is 1. The molecule has 0 amide bonds. The summed E-state index contributed by atoms with van der Waals surface area (Å²) in [4.78, 5) is 2.39. The maximum Gasteiger partial charge on any atom is 0.0794 e. The fourth-order valence-electron chi connectivity index (χ4n) is 2.25. The van der Waals surface area contributed by atoms with Gasteiger partial charge in [0.25, 0.3) is 0 Å². The third-order valence-electron chi connectivity index (χ3n) is 3.15. The van der Waals surface area contributed by atoms with Crippen LogP contribution in [0, 0.1) is 0 Å². The molecule has 3 nitrogen and oxygen atoms in total. The van der Waals surface area contributed by atoms with E-state index in [1.54, 1.807) is 0 Å². The minimum absolute atomic E-state index is 0.0550. The summed E-state index contributed by atoms with van der Waals surface area (Å²) >= 11 is 0. The zero-order chi connectivity index (χ0) is 8.55. The third-order valence-corrected chi connectivity index (χ3v) is 3.15. The van der Waals surface area contributed by atoms with E-state index in [1.807, 2.05) is 0 Å². The van der Waals surface area contributed by atoms with Crippen molar-refractivity contribution in [1.82, 2.24) is 4.90 Å². The van der Waals surface area contributed by atoms with Crippen LogP contribution in [0.4, 0.5) is 0 Å². The van der Waals surface area contributed by atoms with Gasteiger partial charge < -0.3 is 10.8 Å². The van der Waals surface area contributed by atoms with Gasteiger partial charge in [0, 0.05) is 25.2 Å². The van der Waals surface area contributed by atoms with Crippen LogP contribution < -0.4 is 5.73 Å². The number of aliphatic hydroxyl groups is 1. The standard InChI is InChI=1S/C9H18N2O/c10-7-1-3-8(4-2-7)11-5-9(12)6-11/h7-9,12H,1-6,10H2. The van der Waals surface area contributed by atoms with Crippen molar-refractivity contribution in [3.05, 3.63) is 0 Å². The van der Waals surface area contributed by atoms with Gasteiger partial charge in [0.1, 0.15) is 0 Å². The van der Waals surface area contributed by atoms with Gasteiger partial charge in [-0.3, -0.25) is 4.90 Å². The number of likely N-dealkylation sites (tertiary alicyclic amines) is 1. The molecule has 0 unspecified atom stereocenters. The molecule has 0 radical (unpaired) electrons. The minimum atomic E-state index is -0.0550. The van der Waals surface area contributed by atoms with E-state index in [1.165, 1.54) is 12.8 Å². The molecule has 2 aliphatic rings. The van der Waals surface area contributed by atoms with E-state index in [2.05, 4.69) is 4.90 Å². The minimum Gasteiger partial charge on any atom is -0.390 e. The summed E-state index contributed by atoms with van der Waals surface area (Å²) in [5, 5.41) is 9.13. The molecule has 2 fully saturated rings.